The van der Waals surface area contributed by atoms with E-state index in [1.807, 2.05) is 0 Å². The van der Waals surface area contributed by atoms with Crippen LogP contribution in [0.15, 0.2) is 36.5 Å². The normalized spacial score (nSPS) is 11.4. The van der Waals surface area contributed by atoms with Gasteiger partial charge in [0.2, 0.25) is 0 Å². The zero-order valence-electron chi connectivity index (χ0n) is 11.0. The third kappa shape index (κ3) is 2.87. The zero-order valence-corrected chi connectivity index (χ0v) is 11.0. The molecule has 0 atom stereocenters. The number of rotatable bonds is 2. The minimum Gasteiger partial charge on any atom is -0.295 e. The van der Waals surface area contributed by atoms with Crippen molar-refractivity contribution in [2.45, 2.75) is 20.0 Å². The number of aromatic nitrogens is 1. The SMILES string of the molecule is CC(=O)c1ccc(-c2ccc(C(F)(F)F)nc2)cc1C. The van der Waals surface area contributed by atoms with Gasteiger partial charge < -0.3 is 0 Å². The summed E-state index contributed by atoms with van der Waals surface area (Å²) in [6.07, 6.45) is -3.25. The summed E-state index contributed by atoms with van der Waals surface area (Å²) in [5, 5.41) is 0. The average Bonchev–Trinajstić information content (AvgIpc) is 2.37. The fourth-order valence-corrected chi connectivity index (χ4v) is 1.97. The lowest BCUT2D eigenvalue weighted by Gasteiger charge is -2.08. The predicted molar refractivity (Wildman–Crippen MR) is 69.4 cm³/mol. The van der Waals surface area contributed by atoms with Crippen LogP contribution in [0.5, 0.6) is 0 Å². The van der Waals surface area contributed by atoms with Crippen molar-refractivity contribution in [3.63, 3.8) is 0 Å². The molecule has 0 bridgehead atoms. The number of pyridine rings is 1. The number of nitrogens with zero attached hydrogens (tertiary/aromatic N) is 1. The van der Waals surface area contributed by atoms with E-state index in [-0.39, 0.29) is 5.78 Å². The van der Waals surface area contributed by atoms with Crippen molar-refractivity contribution in [3.8, 4) is 11.1 Å². The van der Waals surface area contributed by atoms with Gasteiger partial charge in [0, 0.05) is 17.3 Å². The van der Waals surface area contributed by atoms with E-state index >= 15 is 0 Å². The molecule has 1 heterocycles. The minimum atomic E-state index is -4.44. The third-order valence-corrected chi connectivity index (χ3v) is 2.99. The Morgan fingerprint density at radius 2 is 1.75 bits per heavy atom. The van der Waals surface area contributed by atoms with Crippen LogP contribution < -0.4 is 0 Å². The van der Waals surface area contributed by atoms with Crippen molar-refractivity contribution < 1.29 is 18.0 Å². The highest BCUT2D eigenvalue weighted by atomic mass is 19.4. The number of alkyl halides is 3. The largest absolute Gasteiger partial charge is 0.433 e. The summed E-state index contributed by atoms with van der Waals surface area (Å²) in [6.45, 7) is 3.26. The summed E-state index contributed by atoms with van der Waals surface area (Å²) in [6, 6.07) is 7.46. The maximum Gasteiger partial charge on any atom is 0.433 e. The Morgan fingerprint density at radius 3 is 2.20 bits per heavy atom. The lowest BCUT2D eigenvalue weighted by molar-refractivity contribution is -0.141. The van der Waals surface area contributed by atoms with Crippen LogP contribution in [0, 0.1) is 6.92 Å². The Morgan fingerprint density at radius 1 is 1.10 bits per heavy atom. The van der Waals surface area contributed by atoms with Crippen molar-refractivity contribution >= 4 is 5.78 Å². The Bertz CT molecular complexity index is 645. The van der Waals surface area contributed by atoms with Crippen molar-refractivity contribution in [1.82, 2.24) is 4.98 Å². The quantitative estimate of drug-likeness (QED) is 0.768. The van der Waals surface area contributed by atoms with Crippen LogP contribution in [0.25, 0.3) is 11.1 Å². The van der Waals surface area contributed by atoms with Gasteiger partial charge in [0.1, 0.15) is 5.69 Å². The molecule has 104 valence electrons. The maximum atomic E-state index is 12.4. The van der Waals surface area contributed by atoms with Gasteiger partial charge in [-0.25, -0.2) is 0 Å². The van der Waals surface area contributed by atoms with E-state index in [4.69, 9.17) is 0 Å². The van der Waals surface area contributed by atoms with Gasteiger partial charge in [-0.05, 0) is 31.0 Å². The van der Waals surface area contributed by atoms with Crippen LogP contribution in [0.4, 0.5) is 13.2 Å². The van der Waals surface area contributed by atoms with Gasteiger partial charge in [-0.3, -0.25) is 9.78 Å². The van der Waals surface area contributed by atoms with E-state index in [2.05, 4.69) is 4.98 Å². The fraction of sp³-hybridized carbons (Fsp3) is 0.200. The molecule has 0 aliphatic heterocycles. The van der Waals surface area contributed by atoms with Crippen molar-refractivity contribution in [2.75, 3.05) is 0 Å². The van der Waals surface area contributed by atoms with Crippen LogP contribution in [0.1, 0.15) is 28.5 Å². The van der Waals surface area contributed by atoms with Gasteiger partial charge in [0.15, 0.2) is 5.78 Å². The van der Waals surface area contributed by atoms with E-state index in [0.29, 0.717) is 11.1 Å². The standard InChI is InChI=1S/C15H12F3NO/c1-9-7-11(3-5-13(9)10(2)20)12-4-6-14(19-8-12)15(16,17)18/h3-8H,1-2H3. The molecule has 1 aromatic heterocycles. The second kappa shape index (κ2) is 5.07. The Labute approximate surface area is 114 Å². The van der Waals surface area contributed by atoms with Crippen LogP contribution in [-0.4, -0.2) is 10.8 Å². The highest BCUT2D eigenvalue weighted by molar-refractivity contribution is 5.96. The molecular formula is C15H12F3NO. The van der Waals surface area contributed by atoms with Gasteiger partial charge in [0.25, 0.3) is 0 Å². The van der Waals surface area contributed by atoms with E-state index in [1.54, 1.807) is 25.1 Å². The molecule has 0 amide bonds. The molecule has 0 saturated heterocycles. The monoisotopic (exact) mass is 279 g/mol. The van der Waals surface area contributed by atoms with E-state index in [9.17, 15) is 18.0 Å². The lowest BCUT2D eigenvalue weighted by Crippen LogP contribution is -2.07. The fourth-order valence-electron chi connectivity index (χ4n) is 1.97. The topological polar surface area (TPSA) is 30.0 Å². The summed E-state index contributed by atoms with van der Waals surface area (Å²) < 4.78 is 37.3. The Balaban J connectivity index is 2.37. The van der Waals surface area contributed by atoms with Crippen molar-refractivity contribution in [2.24, 2.45) is 0 Å². The predicted octanol–water partition coefficient (Wildman–Crippen LogP) is 4.28. The molecule has 0 fully saturated rings. The number of carbonyl (C=O) groups excluding carboxylic acids is 1. The van der Waals surface area contributed by atoms with E-state index in [0.717, 1.165) is 17.2 Å². The zero-order chi connectivity index (χ0) is 14.9. The molecule has 0 radical (unpaired) electrons. The van der Waals surface area contributed by atoms with Crippen LogP contribution in [0.3, 0.4) is 0 Å². The number of hydrogen-bond acceptors (Lipinski definition) is 2. The summed E-state index contributed by atoms with van der Waals surface area (Å²) >= 11 is 0. The number of carbonyl (C=O) groups is 1. The smallest absolute Gasteiger partial charge is 0.295 e. The molecule has 0 N–H and O–H groups in total. The minimum absolute atomic E-state index is 0.0420. The first kappa shape index (κ1) is 14.2. The molecule has 5 heteroatoms. The van der Waals surface area contributed by atoms with Crippen LogP contribution in [0.2, 0.25) is 0 Å². The highest BCUT2D eigenvalue weighted by Gasteiger charge is 2.32. The average molecular weight is 279 g/mol. The summed E-state index contributed by atoms with van der Waals surface area (Å²) in [4.78, 5) is 14.8. The molecule has 1 aromatic carbocycles. The van der Waals surface area contributed by atoms with Crippen LogP contribution in [-0.2, 0) is 6.18 Å². The number of hydrogen-bond donors (Lipinski definition) is 0. The summed E-state index contributed by atoms with van der Waals surface area (Å²) in [5.41, 5.74) is 1.78. The van der Waals surface area contributed by atoms with Gasteiger partial charge in [-0.2, -0.15) is 13.2 Å². The Kier molecular flexibility index (Phi) is 3.61. The van der Waals surface area contributed by atoms with Gasteiger partial charge in [-0.1, -0.05) is 24.3 Å². The van der Waals surface area contributed by atoms with Crippen molar-refractivity contribution in [3.05, 3.63) is 53.3 Å². The number of aryl methyl sites for hydroxylation is 1. The lowest BCUT2D eigenvalue weighted by atomic mass is 9.99. The number of halogens is 3. The molecule has 0 aliphatic rings. The molecule has 0 saturated carbocycles. The van der Waals surface area contributed by atoms with Gasteiger partial charge in [-0.15, -0.1) is 0 Å². The molecular weight excluding hydrogens is 267 g/mol. The number of Topliss-reactive ketones (excluding diaryl/α,β-unsaturated/α-hetero) is 1. The maximum absolute atomic E-state index is 12.4. The second-order valence-corrected chi connectivity index (χ2v) is 4.52. The number of benzene rings is 1. The highest BCUT2D eigenvalue weighted by Crippen LogP contribution is 2.29. The molecule has 20 heavy (non-hydrogen) atoms. The summed E-state index contributed by atoms with van der Waals surface area (Å²) in [5.74, 6) is -0.0420. The molecule has 0 spiro atoms. The van der Waals surface area contributed by atoms with E-state index in [1.165, 1.54) is 19.2 Å². The third-order valence-electron chi connectivity index (χ3n) is 2.99. The van der Waals surface area contributed by atoms with E-state index < -0.39 is 11.9 Å². The van der Waals surface area contributed by atoms with Crippen molar-refractivity contribution in [1.29, 1.82) is 0 Å². The second-order valence-electron chi connectivity index (χ2n) is 4.52. The molecule has 2 rings (SSSR count). The Hall–Kier alpha value is -2.17. The van der Waals surface area contributed by atoms with Crippen LogP contribution >= 0.6 is 0 Å². The molecule has 2 aromatic rings. The summed E-state index contributed by atoms with van der Waals surface area (Å²) in [7, 11) is 0. The molecule has 2 nitrogen and oxygen atoms in total. The first-order valence-electron chi connectivity index (χ1n) is 5.94. The number of ketones is 1. The molecule has 0 aliphatic carbocycles. The van der Waals surface area contributed by atoms with Gasteiger partial charge >= 0.3 is 6.18 Å². The molecule has 0 unspecified atom stereocenters. The van der Waals surface area contributed by atoms with Gasteiger partial charge in [0.05, 0.1) is 0 Å². The first-order valence-corrected chi connectivity index (χ1v) is 5.94. The first-order chi connectivity index (χ1) is 9.29.